The molecule has 0 saturated carbocycles. The molecule has 1 fully saturated rings. The molecule has 0 spiro atoms. The predicted molar refractivity (Wildman–Crippen MR) is 124 cm³/mol. The molecule has 1 aliphatic heterocycles. The molecule has 2 aromatic carbocycles. The van der Waals surface area contributed by atoms with Gasteiger partial charge in [0.25, 0.3) is 0 Å². The molecule has 0 unspecified atom stereocenters. The molecule has 0 atom stereocenters. The van der Waals surface area contributed by atoms with Crippen LogP contribution >= 0.6 is 22.7 Å². The van der Waals surface area contributed by atoms with Gasteiger partial charge in [0.1, 0.15) is 11.3 Å². The number of ether oxygens (including phenoxy) is 1. The molecule has 2 aromatic heterocycles. The Morgan fingerprint density at radius 2 is 1.48 bits per heavy atom. The average Bonchev–Trinajstić information content (AvgIpc) is 3.34. The van der Waals surface area contributed by atoms with E-state index < -0.39 is 0 Å². The predicted octanol–water partition coefficient (Wildman–Crippen LogP) is 5.17. The number of nitrogens with zero attached hydrogens (tertiary/aromatic N) is 4. The number of fused-ring (bicyclic) bond motifs is 2. The number of methoxy groups -OCH3 is 1. The van der Waals surface area contributed by atoms with Gasteiger partial charge in [-0.05, 0) is 49.6 Å². The first kappa shape index (κ1) is 18.6. The van der Waals surface area contributed by atoms with Gasteiger partial charge < -0.3 is 14.5 Å². The topological polar surface area (TPSA) is 41.5 Å². The van der Waals surface area contributed by atoms with E-state index in [0.717, 1.165) is 53.2 Å². The summed E-state index contributed by atoms with van der Waals surface area (Å²) in [5.74, 6) is 0.854. The van der Waals surface area contributed by atoms with Crippen molar-refractivity contribution in [2.24, 2.45) is 0 Å². The molecule has 5 nitrogen and oxygen atoms in total. The lowest BCUT2D eigenvalue weighted by molar-refractivity contribution is 0.419. The van der Waals surface area contributed by atoms with Crippen LogP contribution in [0.2, 0.25) is 0 Å². The van der Waals surface area contributed by atoms with Crippen LogP contribution in [0.3, 0.4) is 0 Å². The first-order chi connectivity index (χ1) is 14.0. The third-order valence-electron chi connectivity index (χ3n) is 5.54. The van der Waals surface area contributed by atoms with Gasteiger partial charge in [-0.3, -0.25) is 0 Å². The van der Waals surface area contributed by atoms with Gasteiger partial charge in [-0.15, -0.1) is 0 Å². The minimum absolute atomic E-state index is 0.854. The van der Waals surface area contributed by atoms with Crippen LogP contribution in [0.4, 0.5) is 10.3 Å². The molecule has 4 aromatic rings. The zero-order valence-corrected chi connectivity index (χ0v) is 18.8. The Bertz CT molecular complexity index is 1200. The van der Waals surface area contributed by atoms with Crippen molar-refractivity contribution in [2.75, 3.05) is 43.1 Å². The Balaban J connectivity index is 1.37. The molecule has 0 radical (unpaired) electrons. The number of piperazine rings is 1. The van der Waals surface area contributed by atoms with Crippen molar-refractivity contribution in [3.8, 4) is 5.75 Å². The highest BCUT2D eigenvalue weighted by atomic mass is 32.1. The van der Waals surface area contributed by atoms with Gasteiger partial charge in [-0.2, -0.15) is 0 Å². The lowest BCUT2D eigenvalue weighted by atomic mass is 10.1. The summed E-state index contributed by atoms with van der Waals surface area (Å²) < 4.78 is 8.04. The summed E-state index contributed by atoms with van der Waals surface area (Å²) in [6.07, 6.45) is 0. The highest BCUT2D eigenvalue weighted by Gasteiger charge is 2.23. The summed E-state index contributed by atoms with van der Waals surface area (Å²) in [5, 5.41) is 2.22. The Morgan fingerprint density at radius 3 is 2.17 bits per heavy atom. The van der Waals surface area contributed by atoms with Gasteiger partial charge >= 0.3 is 0 Å². The summed E-state index contributed by atoms with van der Waals surface area (Å²) in [4.78, 5) is 14.6. The number of anilines is 2. The van der Waals surface area contributed by atoms with Gasteiger partial charge in [0.05, 0.1) is 22.0 Å². The fraction of sp³-hybridized carbons (Fsp3) is 0.364. The maximum Gasteiger partial charge on any atom is 0.186 e. The van der Waals surface area contributed by atoms with Crippen molar-refractivity contribution < 1.29 is 4.74 Å². The first-order valence-corrected chi connectivity index (χ1v) is 11.5. The van der Waals surface area contributed by atoms with Gasteiger partial charge in [0.15, 0.2) is 10.3 Å². The summed E-state index contributed by atoms with van der Waals surface area (Å²) in [5.41, 5.74) is 5.95. The third kappa shape index (κ3) is 3.22. The summed E-state index contributed by atoms with van der Waals surface area (Å²) in [6.45, 7) is 10.3. The quantitative estimate of drug-likeness (QED) is 0.454. The Hall–Kier alpha value is -2.38. The highest BCUT2D eigenvalue weighted by molar-refractivity contribution is 7.22. The molecular formula is C22H24N4OS2. The molecule has 0 bridgehead atoms. The number of thiazole rings is 2. The molecule has 150 valence electrons. The monoisotopic (exact) mass is 424 g/mol. The van der Waals surface area contributed by atoms with Crippen molar-refractivity contribution in [3.63, 3.8) is 0 Å². The molecule has 0 aliphatic carbocycles. The van der Waals surface area contributed by atoms with Gasteiger partial charge in [-0.25, -0.2) is 9.97 Å². The molecule has 29 heavy (non-hydrogen) atoms. The molecule has 1 aliphatic rings. The van der Waals surface area contributed by atoms with Crippen LogP contribution in [0.1, 0.15) is 16.7 Å². The Kier molecular flexibility index (Phi) is 4.59. The number of hydrogen-bond acceptors (Lipinski definition) is 7. The third-order valence-corrected chi connectivity index (χ3v) is 8.06. The molecule has 0 amide bonds. The number of aromatic nitrogens is 2. The number of rotatable bonds is 3. The van der Waals surface area contributed by atoms with E-state index in [-0.39, 0.29) is 0 Å². The molecule has 3 heterocycles. The minimum atomic E-state index is 0.854. The van der Waals surface area contributed by atoms with Crippen LogP contribution in [-0.2, 0) is 0 Å². The van der Waals surface area contributed by atoms with Crippen LogP contribution in [0.5, 0.6) is 5.75 Å². The van der Waals surface area contributed by atoms with E-state index in [1.54, 1.807) is 18.4 Å². The van der Waals surface area contributed by atoms with Crippen molar-refractivity contribution in [2.45, 2.75) is 20.8 Å². The first-order valence-electron chi connectivity index (χ1n) is 9.85. The highest BCUT2D eigenvalue weighted by Crippen LogP contribution is 2.37. The maximum absolute atomic E-state index is 5.52. The zero-order chi connectivity index (χ0) is 20.1. The summed E-state index contributed by atoms with van der Waals surface area (Å²) in [6, 6.07) is 8.55. The van der Waals surface area contributed by atoms with Gasteiger partial charge in [0, 0.05) is 26.2 Å². The lowest BCUT2D eigenvalue weighted by Crippen LogP contribution is -2.46. The molecule has 1 saturated heterocycles. The van der Waals surface area contributed by atoms with Crippen molar-refractivity contribution >= 4 is 53.4 Å². The van der Waals surface area contributed by atoms with E-state index in [9.17, 15) is 0 Å². The summed E-state index contributed by atoms with van der Waals surface area (Å²) >= 11 is 3.58. The van der Waals surface area contributed by atoms with E-state index in [4.69, 9.17) is 14.7 Å². The van der Waals surface area contributed by atoms with Crippen LogP contribution in [0.25, 0.3) is 20.4 Å². The van der Waals surface area contributed by atoms with Gasteiger partial charge in [-0.1, -0.05) is 34.8 Å². The molecule has 0 N–H and O–H groups in total. The van der Waals surface area contributed by atoms with Crippen LogP contribution in [0, 0.1) is 20.8 Å². The van der Waals surface area contributed by atoms with Crippen molar-refractivity contribution in [3.05, 3.63) is 41.0 Å². The van der Waals surface area contributed by atoms with E-state index in [0.29, 0.717) is 0 Å². The van der Waals surface area contributed by atoms with Crippen molar-refractivity contribution in [1.29, 1.82) is 0 Å². The molecular weight excluding hydrogens is 400 g/mol. The second-order valence-corrected chi connectivity index (χ2v) is 9.61. The number of benzene rings is 2. The van der Waals surface area contributed by atoms with Crippen LogP contribution in [0.15, 0.2) is 24.3 Å². The molecule has 5 rings (SSSR count). The largest absolute Gasteiger partial charge is 0.494 e. The maximum atomic E-state index is 5.52. The zero-order valence-electron chi connectivity index (χ0n) is 17.2. The number of aryl methyl sites for hydroxylation is 3. The second-order valence-electron chi connectivity index (χ2n) is 7.66. The minimum Gasteiger partial charge on any atom is -0.494 e. The summed E-state index contributed by atoms with van der Waals surface area (Å²) in [7, 11) is 1.71. The lowest BCUT2D eigenvalue weighted by Gasteiger charge is -2.34. The van der Waals surface area contributed by atoms with E-state index in [1.165, 1.54) is 26.1 Å². The second kappa shape index (κ2) is 7.15. The van der Waals surface area contributed by atoms with Crippen molar-refractivity contribution in [1.82, 2.24) is 9.97 Å². The van der Waals surface area contributed by atoms with Crippen LogP contribution < -0.4 is 14.5 Å². The fourth-order valence-electron chi connectivity index (χ4n) is 3.99. The Labute approximate surface area is 178 Å². The average molecular weight is 425 g/mol. The van der Waals surface area contributed by atoms with Crippen LogP contribution in [-0.4, -0.2) is 43.3 Å². The smallest absolute Gasteiger partial charge is 0.186 e. The standard InChI is InChI=1S/C22H24N4OS2/c1-13-11-15(3)19-16(12-13)23-21(28-19)25-7-9-26(10-8-25)22-24-18-17(27-4)6-5-14(2)20(18)29-22/h5-6,11-12H,7-10H2,1-4H3. The number of hydrogen-bond donors (Lipinski definition) is 0. The van der Waals surface area contributed by atoms with E-state index in [2.05, 4.69) is 48.8 Å². The Morgan fingerprint density at radius 1 is 0.828 bits per heavy atom. The van der Waals surface area contributed by atoms with Gasteiger partial charge in [0.2, 0.25) is 0 Å². The molecule has 7 heteroatoms. The van der Waals surface area contributed by atoms with E-state index in [1.807, 2.05) is 17.4 Å². The SMILES string of the molecule is COc1ccc(C)c2sc(N3CCN(c4nc5cc(C)cc(C)c5s4)CC3)nc12. The fourth-order valence-corrected chi connectivity index (χ4v) is 6.16. The normalized spacial score (nSPS) is 14.9. The van der Waals surface area contributed by atoms with E-state index >= 15 is 0 Å².